The average Bonchev–Trinajstić information content (AvgIpc) is 2.38. The molecule has 100 valence electrons. The minimum atomic E-state index is 0.339. The van der Waals surface area contributed by atoms with Crippen LogP contribution in [0.3, 0.4) is 0 Å². The van der Waals surface area contributed by atoms with Crippen LogP contribution in [0.4, 0.5) is 17.6 Å². The van der Waals surface area contributed by atoms with E-state index in [1.807, 2.05) is 13.0 Å². The number of anilines is 3. The van der Waals surface area contributed by atoms with Crippen molar-refractivity contribution in [2.75, 3.05) is 29.5 Å². The third kappa shape index (κ3) is 3.03. The largest absolute Gasteiger partial charge is 0.370 e. The summed E-state index contributed by atoms with van der Waals surface area (Å²) in [5, 5.41) is 3.19. The second kappa shape index (κ2) is 5.89. The Morgan fingerprint density at radius 1 is 1.33 bits per heavy atom. The van der Waals surface area contributed by atoms with Crippen molar-refractivity contribution >= 4 is 17.6 Å². The summed E-state index contributed by atoms with van der Waals surface area (Å²) in [5.41, 5.74) is 5.77. The zero-order valence-corrected chi connectivity index (χ0v) is 11.3. The van der Waals surface area contributed by atoms with Gasteiger partial charge in [-0.2, -0.15) is 9.97 Å². The highest BCUT2D eigenvalue weighted by molar-refractivity contribution is 5.52. The molecule has 1 heterocycles. The molecule has 2 rings (SSSR count). The summed E-state index contributed by atoms with van der Waals surface area (Å²) in [4.78, 5) is 10.8. The molecule has 1 fully saturated rings. The molecule has 0 amide bonds. The third-order valence-corrected chi connectivity index (χ3v) is 3.57. The number of nitrogen functional groups attached to an aromatic ring is 1. The smallest absolute Gasteiger partial charge is 0.223 e. The third-order valence-electron chi connectivity index (χ3n) is 3.57. The van der Waals surface area contributed by atoms with Gasteiger partial charge in [-0.1, -0.05) is 19.3 Å². The minimum Gasteiger partial charge on any atom is -0.370 e. The van der Waals surface area contributed by atoms with Gasteiger partial charge in [0.05, 0.1) is 0 Å². The highest BCUT2D eigenvalue weighted by atomic mass is 15.2. The first kappa shape index (κ1) is 12.9. The standard InChI is InChI=1S/C13H23N5/c1-3-15-11-9-12(17-13(14)16-11)18(2)10-7-5-4-6-8-10/h9-10H,3-8H2,1-2H3,(H3,14,15,16,17). The molecule has 0 aromatic carbocycles. The van der Waals surface area contributed by atoms with Crippen molar-refractivity contribution in [1.29, 1.82) is 0 Å². The van der Waals surface area contributed by atoms with Crippen LogP contribution >= 0.6 is 0 Å². The van der Waals surface area contributed by atoms with E-state index >= 15 is 0 Å². The molecule has 0 unspecified atom stereocenters. The number of nitrogens with two attached hydrogens (primary N) is 1. The van der Waals surface area contributed by atoms with Gasteiger partial charge in [0.25, 0.3) is 0 Å². The molecule has 1 aromatic heterocycles. The van der Waals surface area contributed by atoms with Crippen molar-refractivity contribution in [2.24, 2.45) is 0 Å². The van der Waals surface area contributed by atoms with Crippen LogP contribution in [0.25, 0.3) is 0 Å². The van der Waals surface area contributed by atoms with Gasteiger partial charge in [-0.15, -0.1) is 0 Å². The number of hydrogen-bond acceptors (Lipinski definition) is 5. The predicted octanol–water partition coefficient (Wildman–Crippen LogP) is 2.26. The van der Waals surface area contributed by atoms with Gasteiger partial charge in [-0.25, -0.2) is 0 Å². The average molecular weight is 249 g/mol. The number of nitrogens with one attached hydrogen (secondary N) is 1. The molecule has 0 atom stereocenters. The van der Waals surface area contributed by atoms with E-state index in [2.05, 4.69) is 27.2 Å². The molecular weight excluding hydrogens is 226 g/mol. The monoisotopic (exact) mass is 249 g/mol. The van der Waals surface area contributed by atoms with E-state index in [4.69, 9.17) is 5.73 Å². The van der Waals surface area contributed by atoms with Crippen LogP contribution in [0.2, 0.25) is 0 Å². The Labute approximate surface area is 109 Å². The first-order chi connectivity index (χ1) is 8.70. The summed E-state index contributed by atoms with van der Waals surface area (Å²) in [6, 6.07) is 2.57. The van der Waals surface area contributed by atoms with Crippen molar-refractivity contribution < 1.29 is 0 Å². The van der Waals surface area contributed by atoms with Crippen LogP contribution in [0.1, 0.15) is 39.0 Å². The number of hydrogen-bond donors (Lipinski definition) is 2. The summed E-state index contributed by atoms with van der Waals surface area (Å²) in [5.74, 6) is 2.07. The normalized spacial score (nSPS) is 16.6. The number of nitrogens with zero attached hydrogens (tertiary/aromatic N) is 3. The van der Waals surface area contributed by atoms with Crippen LogP contribution in [0.15, 0.2) is 6.07 Å². The van der Waals surface area contributed by atoms with Crippen molar-refractivity contribution in [3.8, 4) is 0 Å². The molecule has 5 heteroatoms. The Balaban J connectivity index is 2.15. The molecule has 5 nitrogen and oxygen atoms in total. The lowest BCUT2D eigenvalue weighted by Gasteiger charge is -2.32. The highest BCUT2D eigenvalue weighted by Gasteiger charge is 2.19. The Hall–Kier alpha value is -1.52. The molecule has 3 N–H and O–H groups in total. The lowest BCUT2D eigenvalue weighted by molar-refractivity contribution is 0.426. The van der Waals surface area contributed by atoms with Crippen molar-refractivity contribution in [1.82, 2.24) is 9.97 Å². The fourth-order valence-electron chi connectivity index (χ4n) is 2.56. The first-order valence-corrected chi connectivity index (χ1v) is 6.82. The maximum absolute atomic E-state index is 5.77. The van der Waals surface area contributed by atoms with Gasteiger partial charge in [0, 0.05) is 25.7 Å². The van der Waals surface area contributed by atoms with E-state index in [-0.39, 0.29) is 0 Å². The van der Waals surface area contributed by atoms with E-state index in [1.54, 1.807) is 0 Å². The van der Waals surface area contributed by atoms with E-state index in [9.17, 15) is 0 Å². The lowest BCUT2D eigenvalue weighted by atomic mass is 9.94. The molecule has 1 aliphatic rings. The van der Waals surface area contributed by atoms with E-state index in [0.29, 0.717) is 12.0 Å². The second-order valence-electron chi connectivity index (χ2n) is 4.90. The van der Waals surface area contributed by atoms with Gasteiger partial charge in [-0.3, -0.25) is 0 Å². The first-order valence-electron chi connectivity index (χ1n) is 6.82. The molecule has 1 aliphatic carbocycles. The molecular formula is C13H23N5. The Kier molecular flexibility index (Phi) is 4.23. The fraction of sp³-hybridized carbons (Fsp3) is 0.692. The zero-order valence-electron chi connectivity index (χ0n) is 11.3. The maximum atomic E-state index is 5.77. The van der Waals surface area contributed by atoms with Crippen molar-refractivity contribution in [3.63, 3.8) is 0 Å². The van der Waals surface area contributed by atoms with Crippen LogP contribution in [-0.2, 0) is 0 Å². The molecule has 0 saturated heterocycles. The van der Waals surface area contributed by atoms with Crippen LogP contribution in [-0.4, -0.2) is 29.6 Å². The van der Waals surface area contributed by atoms with Crippen LogP contribution in [0, 0.1) is 0 Å². The Morgan fingerprint density at radius 2 is 2.06 bits per heavy atom. The van der Waals surface area contributed by atoms with E-state index < -0.39 is 0 Å². The number of rotatable bonds is 4. The summed E-state index contributed by atoms with van der Waals surface area (Å²) in [7, 11) is 2.10. The molecule has 1 saturated carbocycles. The molecule has 0 spiro atoms. The zero-order chi connectivity index (χ0) is 13.0. The molecule has 0 radical (unpaired) electrons. The molecule has 0 bridgehead atoms. The van der Waals surface area contributed by atoms with Crippen LogP contribution < -0.4 is 16.0 Å². The highest BCUT2D eigenvalue weighted by Crippen LogP contribution is 2.26. The maximum Gasteiger partial charge on any atom is 0.223 e. The number of aromatic nitrogens is 2. The van der Waals surface area contributed by atoms with Gasteiger partial charge in [0.2, 0.25) is 5.95 Å². The van der Waals surface area contributed by atoms with Gasteiger partial charge in [-0.05, 0) is 19.8 Å². The van der Waals surface area contributed by atoms with Gasteiger partial charge >= 0.3 is 0 Å². The summed E-state index contributed by atoms with van der Waals surface area (Å²) in [6.45, 7) is 2.88. The fourth-order valence-corrected chi connectivity index (χ4v) is 2.56. The SMILES string of the molecule is CCNc1cc(N(C)C2CCCCC2)nc(N)n1. The van der Waals surface area contributed by atoms with Crippen molar-refractivity contribution in [3.05, 3.63) is 6.07 Å². The molecule has 0 aliphatic heterocycles. The molecule has 18 heavy (non-hydrogen) atoms. The van der Waals surface area contributed by atoms with Crippen molar-refractivity contribution in [2.45, 2.75) is 45.1 Å². The Bertz CT molecular complexity index is 387. The second-order valence-corrected chi connectivity index (χ2v) is 4.90. The van der Waals surface area contributed by atoms with E-state index in [0.717, 1.165) is 18.2 Å². The summed E-state index contributed by atoms with van der Waals surface area (Å²) < 4.78 is 0. The lowest BCUT2D eigenvalue weighted by Crippen LogP contribution is -2.34. The quantitative estimate of drug-likeness (QED) is 0.856. The molecule has 1 aromatic rings. The van der Waals surface area contributed by atoms with Crippen LogP contribution in [0.5, 0.6) is 0 Å². The summed E-state index contributed by atoms with van der Waals surface area (Å²) >= 11 is 0. The van der Waals surface area contributed by atoms with Gasteiger partial charge < -0.3 is 16.0 Å². The van der Waals surface area contributed by atoms with E-state index in [1.165, 1.54) is 32.1 Å². The van der Waals surface area contributed by atoms with Gasteiger partial charge in [0.1, 0.15) is 11.6 Å². The summed E-state index contributed by atoms with van der Waals surface area (Å²) in [6.07, 6.45) is 6.48. The minimum absolute atomic E-state index is 0.339. The van der Waals surface area contributed by atoms with Gasteiger partial charge in [0.15, 0.2) is 0 Å². The topological polar surface area (TPSA) is 67.1 Å². The predicted molar refractivity (Wildman–Crippen MR) is 75.9 cm³/mol. The Morgan fingerprint density at radius 3 is 2.72 bits per heavy atom.